The molecule has 28 heavy (non-hydrogen) atoms. The zero-order valence-electron chi connectivity index (χ0n) is 14.6. The van der Waals surface area contributed by atoms with Crippen LogP contribution in [0.15, 0.2) is 36.4 Å². The lowest BCUT2D eigenvalue weighted by Gasteiger charge is -2.23. The fourth-order valence-corrected chi connectivity index (χ4v) is 3.03. The lowest BCUT2D eigenvalue weighted by Crippen LogP contribution is -2.41. The molecule has 0 saturated heterocycles. The fraction of sp³-hybridized carbons (Fsp3) is 0.250. The number of ether oxygens (including phenoxy) is 1. The number of benzene rings is 2. The number of carbonyl (C=O) groups is 3. The van der Waals surface area contributed by atoms with Crippen molar-refractivity contribution in [1.29, 1.82) is 0 Å². The van der Waals surface area contributed by atoms with Crippen molar-refractivity contribution in [3.63, 3.8) is 0 Å². The quantitative estimate of drug-likeness (QED) is 0.403. The van der Waals surface area contributed by atoms with Gasteiger partial charge >= 0.3 is 0 Å². The molecule has 0 saturated carbocycles. The summed E-state index contributed by atoms with van der Waals surface area (Å²) in [6.45, 7) is -0.974. The van der Waals surface area contributed by atoms with Crippen molar-refractivity contribution in [1.82, 2.24) is 0 Å². The van der Waals surface area contributed by atoms with E-state index in [1.165, 1.54) is 24.3 Å². The minimum Gasteiger partial charge on any atom is -0.490 e. The van der Waals surface area contributed by atoms with Crippen LogP contribution in [0.3, 0.4) is 0 Å². The van der Waals surface area contributed by atoms with Gasteiger partial charge in [-0.2, -0.15) is 0 Å². The van der Waals surface area contributed by atoms with Crippen LogP contribution >= 0.6 is 0 Å². The maximum atomic E-state index is 12.9. The van der Waals surface area contributed by atoms with E-state index in [1.807, 2.05) is 0 Å². The number of carbonyl (C=O) groups excluding carboxylic acids is 3. The average Bonchev–Trinajstić information content (AvgIpc) is 2.73. The van der Waals surface area contributed by atoms with E-state index >= 15 is 0 Å². The lowest BCUT2D eigenvalue weighted by atomic mass is 9.83. The highest BCUT2D eigenvalue weighted by molar-refractivity contribution is 6.29. The maximum absolute atomic E-state index is 12.9. The number of aldehydes is 1. The van der Waals surface area contributed by atoms with Crippen molar-refractivity contribution in [3.05, 3.63) is 64.2 Å². The van der Waals surface area contributed by atoms with Crippen LogP contribution in [0.4, 0.5) is 0 Å². The van der Waals surface area contributed by atoms with E-state index in [2.05, 4.69) is 0 Å². The van der Waals surface area contributed by atoms with Gasteiger partial charge in [-0.3, -0.25) is 9.59 Å². The molecule has 4 N–H and O–H groups in total. The number of hydrogen-bond acceptors (Lipinski definition) is 8. The predicted octanol–water partition coefficient (Wildman–Crippen LogP) is -0.385. The molecule has 2 aromatic carbocycles. The molecule has 0 spiro atoms. The van der Waals surface area contributed by atoms with Crippen LogP contribution in [0.5, 0.6) is 5.75 Å². The molecule has 2 aromatic rings. The van der Waals surface area contributed by atoms with E-state index in [1.54, 1.807) is 12.1 Å². The summed E-state index contributed by atoms with van der Waals surface area (Å²) >= 11 is 0. The Bertz CT molecular complexity index is 936. The third-order valence-electron chi connectivity index (χ3n) is 4.53. The largest absolute Gasteiger partial charge is 0.490 e. The number of ketones is 2. The normalized spacial score (nSPS) is 16.0. The molecule has 0 amide bonds. The molecule has 0 aromatic heterocycles. The number of aliphatic hydroxyl groups is 4. The Hall–Kier alpha value is -2.91. The number of rotatable bonds is 7. The van der Waals surface area contributed by atoms with Gasteiger partial charge in [0.25, 0.3) is 0 Å². The van der Waals surface area contributed by atoms with Crippen molar-refractivity contribution >= 4 is 17.9 Å². The van der Waals surface area contributed by atoms with Gasteiger partial charge in [-0.25, -0.2) is 0 Å². The van der Waals surface area contributed by atoms with Crippen LogP contribution in [-0.2, 0) is 11.4 Å². The summed E-state index contributed by atoms with van der Waals surface area (Å²) in [6, 6.07) is 9.07. The third-order valence-corrected chi connectivity index (χ3v) is 4.53. The van der Waals surface area contributed by atoms with Crippen molar-refractivity contribution < 1.29 is 39.5 Å². The highest BCUT2D eigenvalue weighted by Crippen LogP contribution is 2.34. The standard InChI is InChI=1S/C20H18O8/c21-7-10-5-13-17(19(26)12-4-2-1-3-11(12)18(13)25)16(6-10)28-9-15(24)20(27)14(23)8-22/h1-6,8,14-15,20-21,23-24,27H,7,9H2. The van der Waals surface area contributed by atoms with Gasteiger partial charge < -0.3 is 30.0 Å². The Labute approximate surface area is 159 Å². The van der Waals surface area contributed by atoms with E-state index in [0.717, 1.165) is 0 Å². The molecule has 3 atom stereocenters. The van der Waals surface area contributed by atoms with Crippen molar-refractivity contribution in [3.8, 4) is 5.75 Å². The van der Waals surface area contributed by atoms with E-state index in [9.17, 15) is 34.8 Å². The summed E-state index contributed by atoms with van der Waals surface area (Å²) < 4.78 is 5.44. The molecular weight excluding hydrogens is 368 g/mol. The highest BCUT2D eigenvalue weighted by atomic mass is 16.5. The first-order chi connectivity index (χ1) is 13.4. The maximum Gasteiger partial charge on any atom is 0.198 e. The summed E-state index contributed by atoms with van der Waals surface area (Å²) in [5.41, 5.74) is 0.813. The third kappa shape index (κ3) is 3.46. The van der Waals surface area contributed by atoms with Crippen LogP contribution in [0.1, 0.15) is 37.4 Å². The zero-order valence-corrected chi connectivity index (χ0v) is 14.6. The first-order valence-electron chi connectivity index (χ1n) is 8.47. The minimum atomic E-state index is -1.80. The molecule has 1 aliphatic carbocycles. The topological polar surface area (TPSA) is 141 Å². The first-order valence-corrected chi connectivity index (χ1v) is 8.47. The summed E-state index contributed by atoms with van der Waals surface area (Å²) in [5, 5.41) is 38.3. The lowest BCUT2D eigenvalue weighted by molar-refractivity contribution is -0.127. The predicted molar refractivity (Wildman–Crippen MR) is 95.3 cm³/mol. The number of hydrogen-bond donors (Lipinski definition) is 4. The molecule has 0 heterocycles. The van der Waals surface area contributed by atoms with Crippen LogP contribution < -0.4 is 4.74 Å². The second kappa shape index (κ2) is 7.99. The number of aliphatic hydroxyl groups excluding tert-OH is 4. The summed E-state index contributed by atoms with van der Waals surface area (Å²) in [6.07, 6.45) is -5.14. The van der Waals surface area contributed by atoms with Crippen LogP contribution in [0, 0.1) is 0 Å². The summed E-state index contributed by atoms with van der Waals surface area (Å²) in [5.74, 6) is -0.906. The van der Waals surface area contributed by atoms with Crippen LogP contribution in [0.2, 0.25) is 0 Å². The molecule has 0 fully saturated rings. The van der Waals surface area contributed by atoms with Crippen molar-refractivity contribution in [2.24, 2.45) is 0 Å². The van der Waals surface area contributed by atoms with Crippen molar-refractivity contribution in [2.45, 2.75) is 24.9 Å². The Morgan fingerprint density at radius 3 is 2.21 bits per heavy atom. The van der Waals surface area contributed by atoms with Gasteiger partial charge in [-0.15, -0.1) is 0 Å². The van der Waals surface area contributed by atoms with Gasteiger partial charge in [0, 0.05) is 16.7 Å². The van der Waals surface area contributed by atoms with Crippen LogP contribution in [-0.4, -0.2) is 63.2 Å². The fourth-order valence-electron chi connectivity index (χ4n) is 3.03. The van der Waals surface area contributed by atoms with Gasteiger partial charge in [0.15, 0.2) is 17.9 Å². The monoisotopic (exact) mass is 386 g/mol. The van der Waals surface area contributed by atoms with Gasteiger partial charge in [-0.05, 0) is 17.7 Å². The minimum absolute atomic E-state index is 0.0153. The summed E-state index contributed by atoms with van der Waals surface area (Å²) in [4.78, 5) is 36.2. The SMILES string of the molecule is O=CC(O)C(O)C(O)COc1cc(CO)cc2c1C(=O)c1ccccc1C2=O. The molecule has 0 aliphatic heterocycles. The molecule has 146 valence electrons. The van der Waals surface area contributed by atoms with Gasteiger partial charge in [-0.1, -0.05) is 24.3 Å². The molecule has 8 heteroatoms. The van der Waals surface area contributed by atoms with E-state index in [0.29, 0.717) is 5.56 Å². The van der Waals surface area contributed by atoms with Crippen LogP contribution in [0.25, 0.3) is 0 Å². The smallest absolute Gasteiger partial charge is 0.198 e. The summed E-state index contributed by atoms with van der Waals surface area (Å²) in [7, 11) is 0. The highest BCUT2D eigenvalue weighted by Gasteiger charge is 2.33. The number of fused-ring (bicyclic) bond motifs is 2. The molecule has 8 nitrogen and oxygen atoms in total. The van der Waals surface area contributed by atoms with E-state index in [-0.39, 0.29) is 34.3 Å². The molecular formula is C20H18O8. The van der Waals surface area contributed by atoms with Gasteiger partial charge in [0.1, 0.15) is 30.7 Å². The molecule has 3 unspecified atom stereocenters. The Morgan fingerprint density at radius 1 is 0.964 bits per heavy atom. The molecule has 0 bridgehead atoms. The Kier molecular flexibility index (Phi) is 5.66. The molecule has 0 radical (unpaired) electrons. The van der Waals surface area contributed by atoms with E-state index in [4.69, 9.17) is 4.74 Å². The Balaban J connectivity index is 1.98. The second-order valence-electron chi connectivity index (χ2n) is 6.37. The Morgan fingerprint density at radius 2 is 1.61 bits per heavy atom. The zero-order chi connectivity index (χ0) is 20.4. The van der Waals surface area contributed by atoms with Gasteiger partial charge in [0.05, 0.1) is 12.2 Å². The average molecular weight is 386 g/mol. The second-order valence-corrected chi connectivity index (χ2v) is 6.37. The van der Waals surface area contributed by atoms with E-state index < -0.39 is 43.1 Å². The van der Waals surface area contributed by atoms with Crippen molar-refractivity contribution in [2.75, 3.05) is 6.61 Å². The first kappa shape index (κ1) is 19.8. The van der Waals surface area contributed by atoms with Gasteiger partial charge in [0.2, 0.25) is 0 Å². The molecule has 3 rings (SSSR count). The molecule has 1 aliphatic rings.